The Morgan fingerprint density at radius 2 is 1.97 bits per heavy atom. The molecule has 0 spiro atoms. The van der Waals surface area contributed by atoms with Gasteiger partial charge in [-0.25, -0.2) is 4.84 Å². The number of ether oxygens (including phenoxy) is 1. The zero-order chi connectivity index (χ0) is 20.8. The fourth-order valence-corrected chi connectivity index (χ4v) is 3.55. The average molecular weight is 502 g/mol. The molecule has 8 nitrogen and oxygen atoms in total. The van der Waals surface area contributed by atoms with Crippen molar-refractivity contribution in [3.05, 3.63) is 79.0 Å². The Hall–Kier alpha value is -2.36. The third-order valence-corrected chi connectivity index (χ3v) is 5.12. The molecule has 29 heavy (non-hydrogen) atoms. The van der Waals surface area contributed by atoms with Crippen LogP contribution in [0, 0.1) is 10.1 Å². The molecule has 0 saturated heterocycles. The van der Waals surface area contributed by atoms with Crippen molar-refractivity contribution in [1.29, 1.82) is 0 Å². The Bertz CT molecular complexity index is 984. The maximum absolute atomic E-state index is 10.4. The molecule has 0 fully saturated rings. The Labute approximate surface area is 184 Å². The molecule has 0 aliphatic heterocycles. The van der Waals surface area contributed by atoms with Crippen molar-refractivity contribution in [2.45, 2.75) is 18.9 Å². The summed E-state index contributed by atoms with van der Waals surface area (Å²) in [4.78, 5) is 18.5. The number of hydrogen-bond acceptors (Lipinski definition) is 6. The number of rotatable bonds is 9. The second-order valence-corrected chi connectivity index (χ2v) is 7.78. The highest BCUT2D eigenvalue weighted by atomic mass is 79.9. The lowest BCUT2D eigenvalue weighted by molar-refractivity contribution is -0.713. The van der Waals surface area contributed by atoms with Crippen molar-refractivity contribution in [2.24, 2.45) is 0 Å². The van der Waals surface area contributed by atoms with Crippen LogP contribution in [0.4, 0.5) is 0 Å². The van der Waals surface area contributed by atoms with E-state index in [2.05, 4.69) is 30.9 Å². The van der Waals surface area contributed by atoms with E-state index in [1.165, 1.54) is 11.0 Å². The number of benzene rings is 2. The normalized spacial score (nSPS) is 11.8. The summed E-state index contributed by atoms with van der Waals surface area (Å²) in [6.45, 7) is 0.803. The fourth-order valence-electron chi connectivity index (χ4n) is 2.73. The Balaban J connectivity index is 1.73. The van der Waals surface area contributed by atoms with Gasteiger partial charge in [0.1, 0.15) is 12.1 Å². The van der Waals surface area contributed by atoms with Crippen LogP contribution in [0.15, 0.2) is 53.3 Å². The van der Waals surface area contributed by atoms with E-state index in [1.54, 1.807) is 12.1 Å². The summed E-state index contributed by atoms with van der Waals surface area (Å²) in [5.41, 5.74) is 0.864. The maximum Gasteiger partial charge on any atom is 0.327 e. The molecule has 3 aromatic rings. The molecule has 0 aliphatic carbocycles. The molecular weight excluding hydrogens is 487 g/mol. The van der Waals surface area contributed by atoms with Gasteiger partial charge in [0, 0.05) is 27.0 Å². The number of nitrogens with zero attached hydrogens (tertiary/aromatic N) is 4. The van der Waals surface area contributed by atoms with Crippen molar-refractivity contribution in [3.8, 4) is 11.8 Å². The summed E-state index contributed by atoms with van der Waals surface area (Å²) in [5, 5.41) is 14.5. The minimum atomic E-state index is -0.959. The van der Waals surface area contributed by atoms with E-state index >= 15 is 0 Å². The molecule has 1 aromatic heterocycles. The van der Waals surface area contributed by atoms with Crippen LogP contribution in [0.1, 0.15) is 17.9 Å². The molecule has 0 bridgehead atoms. The molecule has 3 rings (SSSR count). The molecule has 0 N–H and O–H groups in total. The minimum Gasteiger partial charge on any atom is -0.494 e. The van der Waals surface area contributed by atoms with Crippen molar-refractivity contribution in [1.82, 2.24) is 14.8 Å². The molecule has 0 amide bonds. The van der Waals surface area contributed by atoms with Gasteiger partial charge in [-0.15, -0.1) is 15.2 Å². The fraction of sp³-hybridized carbons (Fsp3) is 0.222. The third kappa shape index (κ3) is 6.31. The molecule has 11 heteroatoms. The van der Waals surface area contributed by atoms with Gasteiger partial charge in [0.05, 0.1) is 6.61 Å². The van der Waals surface area contributed by atoms with Crippen LogP contribution in [-0.2, 0) is 6.54 Å². The maximum atomic E-state index is 10.4. The van der Waals surface area contributed by atoms with E-state index in [9.17, 15) is 10.1 Å². The van der Waals surface area contributed by atoms with Crippen LogP contribution in [0.2, 0.25) is 10.0 Å². The van der Waals surface area contributed by atoms with Gasteiger partial charge < -0.3 is 4.74 Å². The highest BCUT2D eigenvalue weighted by Gasteiger charge is 2.18. The molecular formula is C18H15BrCl2N4O4. The van der Waals surface area contributed by atoms with Gasteiger partial charge >= 0.3 is 11.1 Å². The topological polar surface area (TPSA) is 92.3 Å². The highest BCUT2D eigenvalue weighted by molar-refractivity contribution is 9.10. The minimum absolute atomic E-state index is 0.0969. The lowest BCUT2D eigenvalue weighted by Gasteiger charge is -2.19. The van der Waals surface area contributed by atoms with Crippen molar-refractivity contribution < 1.29 is 14.7 Å². The SMILES string of the molecule is O=[N+]([O-])Oc1ncn(CC(CCOc2ccc(Br)cc2)c2ccc(Cl)cc2Cl)n1. The molecule has 1 unspecified atom stereocenters. The summed E-state index contributed by atoms with van der Waals surface area (Å²) >= 11 is 15.8. The van der Waals surface area contributed by atoms with Crippen molar-refractivity contribution >= 4 is 39.1 Å². The third-order valence-electron chi connectivity index (χ3n) is 4.03. The number of aromatic nitrogens is 3. The van der Waals surface area contributed by atoms with Gasteiger partial charge in [-0.1, -0.05) is 45.2 Å². The molecule has 0 aliphatic rings. The second kappa shape index (κ2) is 9.91. The monoisotopic (exact) mass is 500 g/mol. The molecule has 152 valence electrons. The Morgan fingerprint density at radius 3 is 2.66 bits per heavy atom. The van der Waals surface area contributed by atoms with Gasteiger partial charge in [0.15, 0.2) is 0 Å². The molecule has 0 saturated carbocycles. The molecule has 1 atom stereocenters. The van der Waals surface area contributed by atoms with Crippen molar-refractivity contribution in [3.63, 3.8) is 0 Å². The summed E-state index contributed by atoms with van der Waals surface area (Å²) < 4.78 is 8.26. The largest absolute Gasteiger partial charge is 0.494 e. The van der Waals surface area contributed by atoms with E-state index in [0.29, 0.717) is 29.6 Å². The van der Waals surface area contributed by atoms with Gasteiger partial charge in [-0.3, -0.25) is 4.68 Å². The van der Waals surface area contributed by atoms with Gasteiger partial charge in [-0.05, 0) is 48.4 Å². The van der Waals surface area contributed by atoms with Crippen LogP contribution in [0.5, 0.6) is 11.8 Å². The van der Waals surface area contributed by atoms with Crippen LogP contribution in [-0.4, -0.2) is 26.5 Å². The zero-order valence-corrected chi connectivity index (χ0v) is 18.0. The van der Waals surface area contributed by atoms with E-state index in [0.717, 1.165) is 15.8 Å². The van der Waals surface area contributed by atoms with Crippen LogP contribution in [0.25, 0.3) is 0 Å². The first-order chi connectivity index (χ1) is 13.9. The summed E-state index contributed by atoms with van der Waals surface area (Å²) in [6.07, 6.45) is 1.98. The zero-order valence-electron chi connectivity index (χ0n) is 14.9. The van der Waals surface area contributed by atoms with Crippen LogP contribution < -0.4 is 9.57 Å². The first-order valence-electron chi connectivity index (χ1n) is 8.46. The second-order valence-electron chi connectivity index (χ2n) is 6.02. The summed E-state index contributed by atoms with van der Waals surface area (Å²) in [5.74, 6) is 0.650. The van der Waals surface area contributed by atoms with E-state index in [4.69, 9.17) is 27.9 Å². The standard InChI is InChI=1S/C18H15BrCl2N4O4/c19-13-1-4-15(5-2-13)28-8-7-12(16-6-3-14(20)9-17(16)21)10-24-11-22-18(23-24)29-25(26)27/h1-6,9,11-12H,7-8,10H2. The smallest absolute Gasteiger partial charge is 0.327 e. The van der Waals surface area contributed by atoms with Gasteiger partial charge in [0.25, 0.3) is 0 Å². The first-order valence-corrected chi connectivity index (χ1v) is 10.0. The van der Waals surface area contributed by atoms with Gasteiger partial charge in [0.2, 0.25) is 0 Å². The summed E-state index contributed by atoms with van der Waals surface area (Å²) in [6, 6.07) is 12.5. The van der Waals surface area contributed by atoms with E-state index < -0.39 is 5.09 Å². The first kappa shape index (κ1) is 21.4. The lowest BCUT2D eigenvalue weighted by atomic mass is 9.96. The van der Waals surface area contributed by atoms with Gasteiger partial charge in [-0.2, -0.15) is 4.98 Å². The Kier molecular flexibility index (Phi) is 7.29. The van der Waals surface area contributed by atoms with E-state index in [1.807, 2.05) is 30.3 Å². The van der Waals surface area contributed by atoms with E-state index in [-0.39, 0.29) is 11.9 Å². The number of halogens is 3. The lowest BCUT2D eigenvalue weighted by Crippen LogP contribution is -2.14. The molecule has 2 aromatic carbocycles. The quantitative estimate of drug-likeness (QED) is 0.296. The summed E-state index contributed by atoms with van der Waals surface area (Å²) in [7, 11) is 0. The predicted octanol–water partition coefficient (Wildman–Crippen LogP) is 5.17. The number of hydrogen-bond donors (Lipinski definition) is 0. The predicted molar refractivity (Wildman–Crippen MR) is 111 cm³/mol. The Morgan fingerprint density at radius 1 is 1.21 bits per heavy atom. The highest BCUT2D eigenvalue weighted by Crippen LogP contribution is 2.31. The van der Waals surface area contributed by atoms with Crippen LogP contribution >= 0.6 is 39.1 Å². The average Bonchev–Trinajstić information content (AvgIpc) is 3.09. The molecule has 0 radical (unpaired) electrons. The molecule has 1 heterocycles. The van der Waals surface area contributed by atoms with Crippen molar-refractivity contribution in [2.75, 3.05) is 6.61 Å². The van der Waals surface area contributed by atoms with Crippen LogP contribution in [0.3, 0.4) is 0 Å².